The Kier molecular flexibility index (Phi) is 11.6. The molecule has 1 atom stereocenters. The predicted octanol–water partition coefficient (Wildman–Crippen LogP) is 3.39. The van der Waals surface area contributed by atoms with Crippen molar-refractivity contribution in [1.82, 2.24) is 10.2 Å². The number of nitrogens with one attached hydrogen (secondary N) is 1. The Morgan fingerprint density at radius 1 is 1.35 bits per heavy atom. The Morgan fingerprint density at radius 2 is 2.04 bits per heavy atom. The average Bonchev–Trinajstić information content (AvgIpc) is 2.53. The van der Waals surface area contributed by atoms with Gasteiger partial charge in [0.2, 0.25) is 0 Å². The monoisotopic (exact) mass is 435 g/mol. The number of ether oxygens (including phenoxy) is 2. The van der Waals surface area contributed by atoms with Gasteiger partial charge >= 0.3 is 0 Å². The zero-order valence-electron chi connectivity index (χ0n) is 14.8. The molecule has 1 N–H and O–H groups in total. The van der Waals surface area contributed by atoms with E-state index in [1.807, 2.05) is 31.2 Å². The second kappa shape index (κ2) is 12.3. The first-order valence-electron chi connectivity index (χ1n) is 7.83. The number of aliphatic imine (C=N–C) groups is 1. The van der Waals surface area contributed by atoms with Crippen molar-refractivity contribution in [1.29, 1.82) is 0 Å². The fraction of sp³-hybridized carbons (Fsp3) is 0.588. The molecule has 0 aromatic heterocycles. The molecule has 0 fully saturated rings. The van der Waals surface area contributed by atoms with Gasteiger partial charge < -0.3 is 19.7 Å². The first-order valence-corrected chi connectivity index (χ1v) is 7.83. The molecular weight excluding hydrogens is 405 g/mol. The van der Waals surface area contributed by atoms with Crippen molar-refractivity contribution >= 4 is 29.9 Å². The van der Waals surface area contributed by atoms with Crippen molar-refractivity contribution in [2.24, 2.45) is 4.99 Å². The summed E-state index contributed by atoms with van der Waals surface area (Å²) >= 11 is 0. The third-order valence-electron chi connectivity index (χ3n) is 3.35. The van der Waals surface area contributed by atoms with Crippen LogP contribution in [-0.4, -0.2) is 51.3 Å². The molecule has 0 bridgehead atoms. The number of unbranched alkanes of at least 4 members (excludes halogenated alkanes) is 1. The fourth-order valence-corrected chi connectivity index (χ4v) is 2.07. The van der Waals surface area contributed by atoms with Crippen molar-refractivity contribution in [3.63, 3.8) is 0 Å². The minimum Gasteiger partial charge on any atom is -0.497 e. The fourth-order valence-electron chi connectivity index (χ4n) is 2.07. The number of guanidine groups is 1. The third kappa shape index (κ3) is 8.29. The van der Waals surface area contributed by atoms with Gasteiger partial charge in [0.05, 0.1) is 13.7 Å². The smallest absolute Gasteiger partial charge is 0.193 e. The van der Waals surface area contributed by atoms with E-state index >= 15 is 0 Å². The summed E-state index contributed by atoms with van der Waals surface area (Å²) in [5.74, 6) is 2.50. The van der Waals surface area contributed by atoms with E-state index in [1.54, 1.807) is 14.2 Å². The molecule has 132 valence electrons. The molecule has 0 aliphatic carbocycles. The number of nitrogens with zero attached hydrogens (tertiary/aromatic N) is 2. The summed E-state index contributed by atoms with van der Waals surface area (Å²) in [7, 11) is 5.51. The SMILES string of the molecule is CCCCN(C)C(=NC)NCC(C)Oc1cccc(OC)c1.I. The molecule has 1 rings (SSSR count). The molecule has 0 saturated carbocycles. The Bertz CT molecular complexity index is 469. The van der Waals surface area contributed by atoms with Crippen LogP contribution in [0.5, 0.6) is 11.5 Å². The standard InChI is InChI=1S/C17H29N3O2.HI/c1-6-7-11-20(4)17(18-3)19-13-14(2)22-16-10-8-9-15(12-16)21-5;/h8-10,12,14H,6-7,11,13H2,1-5H3,(H,18,19);1H. The van der Waals surface area contributed by atoms with Crippen LogP contribution in [0.2, 0.25) is 0 Å². The lowest BCUT2D eigenvalue weighted by Gasteiger charge is -2.23. The molecule has 0 saturated heterocycles. The summed E-state index contributed by atoms with van der Waals surface area (Å²) in [5.41, 5.74) is 0. The molecule has 5 nitrogen and oxygen atoms in total. The van der Waals surface area contributed by atoms with E-state index in [4.69, 9.17) is 9.47 Å². The first kappa shape index (κ1) is 21.8. The van der Waals surface area contributed by atoms with Crippen molar-refractivity contribution < 1.29 is 9.47 Å². The Labute approximate surface area is 157 Å². The second-order valence-corrected chi connectivity index (χ2v) is 5.31. The van der Waals surface area contributed by atoms with E-state index in [0.29, 0.717) is 6.54 Å². The minimum absolute atomic E-state index is 0. The van der Waals surface area contributed by atoms with Crippen LogP contribution in [-0.2, 0) is 0 Å². The topological polar surface area (TPSA) is 46.1 Å². The highest BCUT2D eigenvalue weighted by atomic mass is 127. The largest absolute Gasteiger partial charge is 0.497 e. The van der Waals surface area contributed by atoms with Crippen LogP contribution in [0.25, 0.3) is 0 Å². The number of benzene rings is 1. The lowest BCUT2D eigenvalue weighted by molar-refractivity contribution is 0.221. The van der Waals surface area contributed by atoms with Crippen molar-refractivity contribution in [3.8, 4) is 11.5 Å². The maximum absolute atomic E-state index is 5.90. The van der Waals surface area contributed by atoms with Crippen LogP contribution in [0.4, 0.5) is 0 Å². The van der Waals surface area contributed by atoms with Gasteiger partial charge in [0.15, 0.2) is 5.96 Å². The molecule has 0 radical (unpaired) electrons. The van der Waals surface area contributed by atoms with Crippen LogP contribution in [0.15, 0.2) is 29.3 Å². The average molecular weight is 435 g/mol. The lowest BCUT2D eigenvalue weighted by Crippen LogP contribution is -2.43. The quantitative estimate of drug-likeness (QED) is 0.387. The molecule has 0 aliphatic heterocycles. The number of rotatable bonds is 8. The summed E-state index contributed by atoms with van der Waals surface area (Å²) in [6.07, 6.45) is 2.37. The van der Waals surface area contributed by atoms with Gasteiger partial charge in [-0.15, -0.1) is 24.0 Å². The van der Waals surface area contributed by atoms with E-state index in [1.165, 1.54) is 6.42 Å². The highest BCUT2D eigenvalue weighted by Gasteiger charge is 2.09. The van der Waals surface area contributed by atoms with Gasteiger partial charge in [0, 0.05) is 26.7 Å². The highest BCUT2D eigenvalue weighted by molar-refractivity contribution is 14.0. The summed E-state index contributed by atoms with van der Waals surface area (Å²) in [6.45, 7) is 5.92. The van der Waals surface area contributed by atoms with E-state index in [0.717, 1.165) is 30.4 Å². The highest BCUT2D eigenvalue weighted by Crippen LogP contribution is 2.19. The van der Waals surface area contributed by atoms with Crippen molar-refractivity contribution in [3.05, 3.63) is 24.3 Å². The molecular formula is C17H30IN3O2. The molecule has 0 heterocycles. The van der Waals surface area contributed by atoms with Crippen LogP contribution in [0, 0.1) is 0 Å². The lowest BCUT2D eigenvalue weighted by atomic mass is 10.3. The maximum Gasteiger partial charge on any atom is 0.193 e. The van der Waals surface area contributed by atoms with Crippen molar-refractivity contribution in [2.75, 3.05) is 34.3 Å². The predicted molar refractivity (Wildman–Crippen MR) is 107 cm³/mol. The third-order valence-corrected chi connectivity index (χ3v) is 3.35. The van der Waals surface area contributed by atoms with E-state index in [-0.39, 0.29) is 30.1 Å². The number of halogens is 1. The van der Waals surface area contributed by atoms with Crippen LogP contribution >= 0.6 is 24.0 Å². The van der Waals surface area contributed by atoms with Gasteiger partial charge in [-0.3, -0.25) is 4.99 Å². The first-order chi connectivity index (χ1) is 10.6. The molecule has 0 aliphatic rings. The van der Waals surface area contributed by atoms with E-state index < -0.39 is 0 Å². The summed E-state index contributed by atoms with van der Waals surface area (Å²) in [5, 5.41) is 3.35. The molecule has 23 heavy (non-hydrogen) atoms. The molecule has 1 unspecified atom stereocenters. The summed E-state index contributed by atoms with van der Waals surface area (Å²) in [4.78, 5) is 6.44. The van der Waals surface area contributed by atoms with Gasteiger partial charge in [-0.25, -0.2) is 0 Å². The molecule has 1 aromatic carbocycles. The Morgan fingerprint density at radius 3 is 2.65 bits per heavy atom. The number of methoxy groups -OCH3 is 1. The molecule has 0 amide bonds. The maximum atomic E-state index is 5.90. The molecule has 1 aromatic rings. The van der Waals surface area contributed by atoms with E-state index in [9.17, 15) is 0 Å². The second-order valence-electron chi connectivity index (χ2n) is 5.31. The molecule has 6 heteroatoms. The van der Waals surface area contributed by atoms with Gasteiger partial charge in [-0.2, -0.15) is 0 Å². The van der Waals surface area contributed by atoms with Gasteiger partial charge in [0.25, 0.3) is 0 Å². The van der Waals surface area contributed by atoms with Crippen LogP contribution in [0.3, 0.4) is 0 Å². The number of hydrogen-bond acceptors (Lipinski definition) is 3. The minimum atomic E-state index is 0. The van der Waals surface area contributed by atoms with E-state index in [2.05, 4.69) is 29.2 Å². The van der Waals surface area contributed by atoms with Crippen LogP contribution in [0.1, 0.15) is 26.7 Å². The molecule has 0 spiro atoms. The zero-order chi connectivity index (χ0) is 16.4. The number of hydrogen-bond donors (Lipinski definition) is 1. The van der Waals surface area contributed by atoms with Gasteiger partial charge in [0.1, 0.15) is 17.6 Å². The summed E-state index contributed by atoms with van der Waals surface area (Å²) < 4.78 is 11.1. The Balaban J connectivity index is 0.00000484. The normalized spacial score (nSPS) is 12.1. The van der Waals surface area contributed by atoms with Gasteiger partial charge in [-0.1, -0.05) is 19.4 Å². The summed E-state index contributed by atoms with van der Waals surface area (Å²) in [6, 6.07) is 7.64. The van der Waals surface area contributed by atoms with Crippen LogP contribution < -0.4 is 14.8 Å². The van der Waals surface area contributed by atoms with Gasteiger partial charge in [-0.05, 0) is 25.5 Å². The zero-order valence-corrected chi connectivity index (χ0v) is 17.2. The van der Waals surface area contributed by atoms with Crippen molar-refractivity contribution in [2.45, 2.75) is 32.8 Å². The Hall–Kier alpha value is -1.18.